The highest BCUT2D eigenvalue weighted by atomic mass is 16.3. The molecule has 8 heteroatoms. The molecule has 0 spiro atoms. The third kappa shape index (κ3) is 4.28. The van der Waals surface area contributed by atoms with Crippen LogP contribution in [0.3, 0.4) is 0 Å². The van der Waals surface area contributed by atoms with Crippen LogP contribution in [-0.4, -0.2) is 49.2 Å². The van der Waals surface area contributed by atoms with Crippen molar-refractivity contribution in [3.05, 3.63) is 69.5 Å². The normalized spacial score (nSPS) is 28.2. The predicted molar refractivity (Wildman–Crippen MR) is 170 cm³/mol. The van der Waals surface area contributed by atoms with Gasteiger partial charge in [-0.3, -0.25) is 19.2 Å². The van der Waals surface area contributed by atoms with Gasteiger partial charge in [-0.25, -0.2) is 0 Å². The number of phenols is 1. The van der Waals surface area contributed by atoms with Gasteiger partial charge in [-0.15, -0.1) is 0 Å². The first-order valence-electron chi connectivity index (χ1n) is 15.3. The smallest absolute Gasteiger partial charge is 0.203 e. The quantitative estimate of drug-likeness (QED) is 0.230. The van der Waals surface area contributed by atoms with E-state index in [1.165, 1.54) is 6.92 Å². The van der Waals surface area contributed by atoms with Gasteiger partial charge >= 0.3 is 0 Å². The molecule has 0 saturated heterocycles. The average molecular weight is 615 g/mol. The minimum Gasteiger partial charge on any atom is -0.508 e. The first-order chi connectivity index (χ1) is 20.6. The molecule has 8 nitrogen and oxygen atoms in total. The van der Waals surface area contributed by atoms with E-state index in [2.05, 4.69) is 0 Å². The third-order valence-electron chi connectivity index (χ3n) is 10.4. The van der Waals surface area contributed by atoms with E-state index in [0.29, 0.717) is 27.8 Å². The molecule has 0 aromatic heterocycles. The number of allylic oxidation sites excluding steroid dienone is 1. The monoisotopic (exact) mass is 614 g/mol. The van der Waals surface area contributed by atoms with Gasteiger partial charge in [0.05, 0.1) is 5.56 Å². The van der Waals surface area contributed by atoms with Crippen LogP contribution < -0.4 is 0 Å². The second kappa shape index (κ2) is 9.98. The number of benzene rings is 2. The number of hydrogen-bond donors (Lipinski definition) is 4. The van der Waals surface area contributed by atoms with E-state index < -0.39 is 68.1 Å². The fraction of sp³-hybridized carbons (Fsp3) is 0.459. The summed E-state index contributed by atoms with van der Waals surface area (Å²) in [6, 6.07) is 8.93. The van der Waals surface area contributed by atoms with Crippen molar-refractivity contribution < 1.29 is 39.6 Å². The zero-order valence-electron chi connectivity index (χ0n) is 27.4. The van der Waals surface area contributed by atoms with Crippen molar-refractivity contribution in [1.82, 2.24) is 0 Å². The second-order valence-corrected chi connectivity index (χ2v) is 15.0. The van der Waals surface area contributed by atoms with Gasteiger partial charge in [0.15, 0.2) is 23.0 Å². The number of carbonyl (C=O) groups is 4. The Kier molecular flexibility index (Phi) is 7.18. The summed E-state index contributed by atoms with van der Waals surface area (Å²) in [5.41, 5.74) is -3.81. The van der Waals surface area contributed by atoms with E-state index in [1.54, 1.807) is 45.9 Å². The summed E-state index contributed by atoms with van der Waals surface area (Å²) in [7, 11) is 0. The Morgan fingerprint density at radius 1 is 0.978 bits per heavy atom. The summed E-state index contributed by atoms with van der Waals surface area (Å²) >= 11 is 0. The van der Waals surface area contributed by atoms with Crippen LogP contribution in [0.25, 0.3) is 16.9 Å². The molecular weight excluding hydrogens is 572 g/mol. The van der Waals surface area contributed by atoms with Crippen LogP contribution in [0.5, 0.6) is 5.75 Å². The Bertz CT molecular complexity index is 1780. The number of Topliss-reactive ketones (excluding diaryl/α,β-unsaturated/α-hetero) is 4. The van der Waals surface area contributed by atoms with E-state index in [4.69, 9.17) is 0 Å². The maximum Gasteiger partial charge on any atom is 0.203 e. The molecule has 1 unspecified atom stereocenters. The van der Waals surface area contributed by atoms with Gasteiger partial charge in [0.2, 0.25) is 5.78 Å². The van der Waals surface area contributed by atoms with Gasteiger partial charge in [-0.05, 0) is 66.8 Å². The van der Waals surface area contributed by atoms with E-state index >= 15 is 0 Å². The van der Waals surface area contributed by atoms with Gasteiger partial charge in [0.1, 0.15) is 22.8 Å². The van der Waals surface area contributed by atoms with Crippen molar-refractivity contribution in [3.63, 3.8) is 0 Å². The van der Waals surface area contributed by atoms with Crippen LogP contribution in [0, 0.1) is 22.7 Å². The van der Waals surface area contributed by atoms with Gasteiger partial charge < -0.3 is 20.4 Å². The fourth-order valence-corrected chi connectivity index (χ4v) is 8.52. The maximum absolute atomic E-state index is 14.7. The fourth-order valence-electron chi connectivity index (χ4n) is 8.52. The van der Waals surface area contributed by atoms with Crippen molar-refractivity contribution in [3.8, 4) is 16.9 Å². The molecule has 3 aliphatic carbocycles. The van der Waals surface area contributed by atoms with Crippen LogP contribution in [0.1, 0.15) is 95.8 Å². The molecule has 3 aliphatic rings. The molecule has 2 aromatic carbocycles. The summed E-state index contributed by atoms with van der Waals surface area (Å²) in [5.74, 6) is -5.66. The van der Waals surface area contributed by atoms with E-state index in [1.807, 2.05) is 32.9 Å². The lowest BCUT2D eigenvalue weighted by Gasteiger charge is -2.59. The lowest BCUT2D eigenvalue weighted by atomic mass is 9.43. The number of hydrogen-bond acceptors (Lipinski definition) is 8. The zero-order chi connectivity index (χ0) is 33.8. The summed E-state index contributed by atoms with van der Waals surface area (Å²) < 4.78 is 0. The molecule has 0 amide bonds. The van der Waals surface area contributed by atoms with Gasteiger partial charge in [-0.1, -0.05) is 66.7 Å². The lowest BCUT2D eigenvalue weighted by Crippen LogP contribution is -2.69. The summed E-state index contributed by atoms with van der Waals surface area (Å²) in [6.07, 6.45) is 0.138. The van der Waals surface area contributed by atoms with Crippen molar-refractivity contribution >= 4 is 28.9 Å². The number of aliphatic hydroxyl groups is 3. The molecule has 4 N–H and O–H groups in total. The minimum atomic E-state index is -2.67. The van der Waals surface area contributed by atoms with Gasteiger partial charge in [0, 0.05) is 33.4 Å². The highest BCUT2D eigenvalue weighted by Crippen LogP contribution is 2.65. The van der Waals surface area contributed by atoms with Crippen LogP contribution in [-0.2, 0) is 26.2 Å². The maximum atomic E-state index is 14.7. The molecule has 1 saturated carbocycles. The Hall–Kier alpha value is -4.04. The topological polar surface area (TPSA) is 149 Å². The summed E-state index contributed by atoms with van der Waals surface area (Å²) in [6.45, 7) is 15.2. The molecule has 1 fully saturated rings. The molecule has 0 bridgehead atoms. The van der Waals surface area contributed by atoms with Crippen LogP contribution in [0.4, 0.5) is 0 Å². The molecule has 0 aliphatic heterocycles. The third-order valence-corrected chi connectivity index (χ3v) is 10.4. The molecular formula is C37H42O8. The van der Waals surface area contributed by atoms with E-state index in [-0.39, 0.29) is 35.5 Å². The number of rotatable bonds is 4. The van der Waals surface area contributed by atoms with Crippen molar-refractivity contribution in [1.29, 1.82) is 0 Å². The van der Waals surface area contributed by atoms with Crippen LogP contribution >= 0.6 is 0 Å². The number of ketones is 4. The Morgan fingerprint density at radius 3 is 2.13 bits per heavy atom. The highest BCUT2D eigenvalue weighted by molar-refractivity contribution is 6.24. The molecule has 2 aromatic rings. The van der Waals surface area contributed by atoms with Crippen molar-refractivity contribution in [2.75, 3.05) is 0 Å². The molecule has 238 valence electrons. The molecule has 45 heavy (non-hydrogen) atoms. The second-order valence-electron chi connectivity index (χ2n) is 15.0. The number of aliphatic hydroxyl groups excluding tert-OH is 2. The molecule has 0 radical (unpaired) electrons. The molecule has 4 atom stereocenters. The summed E-state index contributed by atoms with van der Waals surface area (Å²) in [4.78, 5) is 53.4. The predicted octanol–water partition coefficient (Wildman–Crippen LogP) is 6.36. The highest BCUT2D eigenvalue weighted by Gasteiger charge is 2.72. The Morgan fingerprint density at radius 2 is 1.60 bits per heavy atom. The van der Waals surface area contributed by atoms with Crippen molar-refractivity contribution in [2.45, 2.75) is 86.2 Å². The standard InChI is InChI=1S/C37H42O8/c1-17(2)27-30(41)25(19(4)39)32(43)37(45)33(44)28-31(42)26-23(15-35(28,8)16-36(27,37)9)22(14-24(29(26)40)34(5,6)7)21-12-10-11-20(13-21)18(3)38/h10-14,17,27,40,42-43,45H,15-16H2,1-9H3/t27?,35-,36-,37+/m1/s1. The van der Waals surface area contributed by atoms with Crippen LogP contribution in [0.2, 0.25) is 0 Å². The van der Waals surface area contributed by atoms with Crippen LogP contribution in [0.15, 0.2) is 47.2 Å². The van der Waals surface area contributed by atoms with Crippen molar-refractivity contribution in [2.24, 2.45) is 22.7 Å². The Labute approximate surface area is 263 Å². The van der Waals surface area contributed by atoms with Gasteiger partial charge in [-0.2, -0.15) is 0 Å². The van der Waals surface area contributed by atoms with E-state index in [0.717, 1.165) is 6.92 Å². The lowest BCUT2D eigenvalue weighted by molar-refractivity contribution is -0.178. The average Bonchev–Trinajstić information content (AvgIpc) is 2.89. The number of aromatic hydroxyl groups is 1. The number of fused-ring (bicyclic) bond motifs is 3. The number of phenolic OH excluding ortho intramolecular Hbond substituents is 1. The molecule has 0 heterocycles. The number of carbonyl (C=O) groups excluding carboxylic acids is 4. The zero-order valence-corrected chi connectivity index (χ0v) is 27.4. The van der Waals surface area contributed by atoms with E-state index in [9.17, 15) is 39.6 Å². The largest absolute Gasteiger partial charge is 0.508 e. The molecule has 5 rings (SSSR count). The Balaban J connectivity index is 1.89. The minimum absolute atomic E-state index is 0.000382. The first kappa shape index (κ1) is 32.4. The van der Waals surface area contributed by atoms with Gasteiger partial charge in [0.25, 0.3) is 0 Å². The SMILES string of the molecule is CC(=O)C1=C(O)[C@]2(O)C(=O)C3=C(O)c4c(O)c(C(C)(C)C)cc(-c5cccc(C(C)=O)c5)c4C[C@]3(C)C[C@]2(C)C(C(C)C)C1=O. The first-order valence-corrected chi connectivity index (χ1v) is 15.3. The summed E-state index contributed by atoms with van der Waals surface area (Å²) in [5, 5.41) is 47.5.